The van der Waals surface area contributed by atoms with Crippen LogP contribution in [0.3, 0.4) is 0 Å². The smallest absolute Gasteiger partial charge is 0.238 e. The molecule has 0 aliphatic rings. The Morgan fingerprint density at radius 2 is 1.68 bits per heavy atom. The Balaban J connectivity index is 1.83. The maximum atomic E-state index is 13.4. The molecule has 6 N–H and O–H groups in total. The van der Waals surface area contributed by atoms with Crippen molar-refractivity contribution in [3.8, 4) is 0 Å². The number of halogens is 2. The highest BCUT2D eigenvalue weighted by molar-refractivity contribution is 7.89. The van der Waals surface area contributed by atoms with Gasteiger partial charge < -0.3 is 16.4 Å². The predicted octanol–water partition coefficient (Wildman–Crippen LogP) is 2.39. The number of nitrogens with zero attached hydrogens (tertiary/aromatic N) is 1. The molecule has 0 bridgehead atoms. The SMILES string of the molecule is NC(=O)Cc1cnc(Nc2ccc(S(N)(=O)=O)cc2)cc1NCc1cc(F)cc(F)c1. The summed E-state index contributed by atoms with van der Waals surface area (Å²) in [6.07, 6.45) is 1.36. The zero-order valence-corrected chi connectivity index (χ0v) is 16.9. The first-order valence-corrected chi connectivity index (χ1v) is 10.5. The summed E-state index contributed by atoms with van der Waals surface area (Å²) in [6, 6.07) is 10.5. The van der Waals surface area contributed by atoms with Crippen LogP contribution in [0.2, 0.25) is 0 Å². The number of pyridine rings is 1. The van der Waals surface area contributed by atoms with E-state index in [1.54, 1.807) is 6.07 Å². The lowest BCUT2D eigenvalue weighted by molar-refractivity contribution is -0.117. The number of rotatable bonds is 8. The fraction of sp³-hybridized carbons (Fsp3) is 0.100. The van der Waals surface area contributed by atoms with Crippen LogP contribution in [-0.4, -0.2) is 19.3 Å². The molecule has 0 spiro atoms. The molecule has 11 heteroatoms. The second kappa shape index (κ2) is 9.06. The van der Waals surface area contributed by atoms with Gasteiger partial charge in [0.15, 0.2) is 0 Å². The van der Waals surface area contributed by atoms with E-state index >= 15 is 0 Å². The van der Waals surface area contributed by atoms with E-state index in [4.69, 9.17) is 10.9 Å². The number of nitrogens with two attached hydrogens (primary N) is 2. The molecule has 0 saturated carbocycles. The molecule has 1 amide bonds. The third-order valence-corrected chi connectivity index (χ3v) is 5.14. The van der Waals surface area contributed by atoms with Crippen LogP contribution in [0.5, 0.6) is 0 Å². The zero-order valence-electron chi connectivity index (χ0n) is 16.1. The molecule has 162 valence electrons. The van der Waals surface area contributed by atoms with Gasteiger partial charge in [0, 0.05) is 41.8 Å². The van der Waals surface area contributed by atoms with E-state index < -0.39 is 27.6 Å². The first-order valence-electron chi connectivity index (χ1n) is 8.96. The topological polar surface area (TPSA) is 140 Å². The van der Waals surface area contributed by atoms with Crippen molar-refractivity contribution < 1.29 is 22.0 Å². The summed E-state index contributed by atoms with van der Waals surface area (Å²) in [5.41, 5.74) is 7.18. The van der Waals surface area contributed by atoms with Crippen LogP contribution in [-0.2, 0) is 27.8 Å². The highest BCUT2D eigenvalue weighted by Crippen LogP contribution is 2.24. The highest BCUT2D eigenvalue weighted by Gasteiger charge is 2.11. The molecule has 0 saturated heterocycles. The van der Waals surface area contributed by atoms with Crippen molar-refractivity contribution in [3.05, 3.63) is 77.5 Å². The minimum absolute atomic E-state index is 0.0347. The van der Waals surface area contributed by atoms with Gasteiger partial charge in [-0.05, 0) is 42.0 Å². The lowest BCUT2D eigenvalue weighted by atomic mass is 10.1. The third-order valence-electron chi connectivity index (χ3n) is 4.21. The van der Waals surface area contributed by atoms with Gasteiger partial charge in [-0.2, -0.15) is 0 Å². The quantitative estimate of drug-likeness (QED) is 0.418. The van der Waals surface area contributed by atoms with Crippen LogP contribution in [0.25, 0.3) is 0 Å². The number of benzene rings is 2. The summed E-state index contributed by atoms with van der Waals surface area (Å²) < 4.78 is 49.5. The maximum absolute atomic E-state index is 13.4. The average molecular weight is 447 g/mol. The minimum Gasteiger partial charge on any atom is -0.381 e. The number of amides is 1. The summed E-state index contributed by atoms with van der Waals surface area (Å²) in [5.74, 6) is -1.59. The second-order valence-corrected chi connectivity index (χ2v) is 8.26. The number of carbonyl (C=O) groups is 1. The van der Waals surface area contributed by atoms with Crippen LogP contribution >= 0.6 is 0 Å². The molecule has 0 aliphatic carbocycles. The monoisotopic (exact) mass is 447 g/mol. The van der Waals surface area contributed by atoms with Crippen LogP contribution in [0.15, 0.2) is 59.6 Å². The molecule has 3 aromatic rings. The fourth-order valence-electron chi connectivity index (χ4n) is 2.83. The molecule has 31 heavy (non-hydrogen) atoms. The van der Waals surface area contributed by atoms with E-state index in [1.165, 1.54) is 42.6 Å². The van der Waals surface area contributed by atoms with Crippen molar-refractivity contribution in [2.24, 2.45) is 10.9 Å². The molecule has 3 rings (SSSR count). The Morgan fingerprint density at radius 3 is 2.26 bits per heavy atom. The molecule has 8 nitrogen and oxygen atoms in total. The number of anilines is 3. The summed E-state index contributed by atoms with van der Waals surface area (Å²) in [6.45, 7) is 0.0902. The maximum Gasteiger partial charge on any atom is 0.238 e. The van der Waals surface area contributed by atoms with Crippen molar-refractivity contribution in [2.75, 3.05) is 10.6 Å². The molecule has 0 fully saturated rings. The molecule has 2 aromatic carbocycles. The van der Waals surface area contributed by atoms with Crippen LogP contribution in [0, 0.1) is 11.6 Å². The number of aromatic nitrogens is 1. The lowest BCUT2D eigenvalue weighted by Gasteiger charge is -2.14. The van der Waals surface area contributed by atoms with Crippen LogP contribution < -0.4 is 21.5 Å². The second-order valence-electron chi connectivity index (χ2n) is 6.70. The number of hydrogen-bond donors (Lipinski definition) is 4. The van der Waals surface area contributed by atoms with E-state index in [-0.39, 0.29) is 17.9 Å². The number of primary amides is 1. The van der Waals surface area contributed by atoms with Crippen molar-refractivity contribution in [2.45, 2.75) is 17.9 Å². The molecule has 0 unspecified atom stereocenters. The normalized spacial score (nSPS) is 11.2. The summed E-state index contributed by atoms with van der Waals surface area (Å²) in [4.78, 5) is 15.6. The van der Waals surface area contributed by atoms with E-state index in [1.807, 2.05) is 0 Å². The van der Waals surface area contributed by atoms with Crippen molar-refractivity contribution in [3.63, 3.8) is 0 Å². The first-order chi connectivity index (χ1) is 14.6. The zero-order chi connectivity index (χ0) is 22.6. The molecular weight excluding hydrogens is 428 g/mol. The largest absolute Gasteiger partial charge is 0.381 e. The molecule has 0 aliphatic heterocycles. The number of sulfonamides is 1. The van der Waals surface area contributed by atoms with Gasteiger partial charge in [-0.25, -0.2) is 27.3 Å². The van der Waals surface area contributed by atoms with Gasteiger partial charge in [0.25, 0.3) is 0 Å². The van der Waals surface area contributed by atoms with Gasteiger partial charge >= 0.3 is 0 Å². The summed E-state index contributed by atoms with van der Waals surface area (Å²) in [7, 11) is -3.81. The highest BCUT2D eigenvalue weighted by atomic mass is 32.2. The third kappa shape index (κ3) is 6.20. The van der Waals surface area contributed by atoms with Gasteiger partial charge in [0.05, 0.1) is 11.3 Å². The fourth-order valence-corrected chi connectivity index (χ4v) is 3.35. The van der Waals surface area contributed by atoms with E-state index in [2.05, 4.69) is 15.6 Å². The van der Waals surface area contributed by atoms with Gasteiger partial charge in [0.1, 0.15) is 17.5 Å². The van der Waals surface area contributed by atoms with Gasteiger partial charge in [-0.1, -0.05) is 0 Å². The lowest BCUT2D eigenvalue weighted by Crippen LogP contribution is -2.15. The van der Waals surface area contributed by atoms with Crippen molar-refractivity contribution in [1.82, 2.24) is 4.98 Å². The van der Waals surface area contributed by atoms with E-state index in [0.29, 0.717) is 28.3 Å². The van der Waals surface area contributed by atoms with Crippen molar-refractivity contribution in [1.29, 1.82) is 0 Å². The average Bonchev–Trinajstić information content (AvgIpc) is 2.66. The van der Waals surface area contributed by atoms with Gasteiger partial charge in [-0.15, -0.1) is 0 Å². The Morgan fingerprint density at radius 1 is 1.03 bits per heavy atom. The Kier molecular flexibility index (Phi) is 6.47. The minimum atomic E-state index is -3.81. The Hall–Kier alpha value is -3.57. The standard InChI is InChI=1S/C20H19F2N5O3S/c21-14-5-12(6-15(22)8-14)10-25-18-9-20(26-11-13(18)7-19(23)28)27-16-1-3-17(4-2-16)31(24,29)30/h1-6,8-9,11H,7,10H2,(H2,23,28)(H2,24,29,30)(H2,25,26,27). The molecule has 1 aromatic heterocycles. The molecule has 0 atom stereocenters. The number of hydrogen-bond acceptors (Lipinski definition) is 6. The number of nitrogens with one attached hydrogen (secondary N) is 2. The van der Waals surface area contributed by atoms with Gasteiger partial charge in [0.2, 0.25) is 15.9 Å². The van der Waals surface area contributed by atoms with E-state index in [0.717, 1.165) is 6.07 Å². The Labute approximate surface area is 177 Å². The molecule has 0 radical (unpaired) electrons. The van der Waals surface area contributed by atoms with Gasteiger partial charge in [-0.3, -0.25) is 4.79 Å². The first kappa shape index (κ1) is 22.1. The van der Waals surface area contributed by atoms with E-state index in [9.17, 15) is 22.0 Å². The number of primary sulfonamides is 1. The number of carbonyl (C=O) groups excluding carboxylic acids is 1. The van der Waals surface area contributed by atoms with Crippen molar-refractivity contribution >= 4 is 33.1 Å². The summed E-state index contributed by atoms with van der Waals surface area (Å²) in [5, 5.41) is 11.1. The summed E-state index contributed by atoms with van der Waals surface area (Å²) >= 11 is 0. The van der Waals surface area contributed by atoms with Crippen LogP contribution in [0.4, 0.5) is 26.0 Å². The predicted molar refractivity (Wildman–Crippen MR) is 112 cm³/mol. The Bertz CT molecular complexity index is 1200. The molecular formula is C20H19F2N5O3S. The van der Waals surface area contributed by atoms with Crippen LogP contribution in [0.1, 0.15) is 11.1 Å². The molecule has 1 heterocycles.